The molecule has 3 N–H and O–H groups in total. The minimum absolute atomic E-state index is 0.115. The number of nitrogen functional groups attached to an aromatic ring is 1. The highest BCUT2D eigenvalue weighted by molar-refractivity contribution is 9.10. The SMILES string of the molecule is CC(C)(C)OC(=O)N[C@@H]1c2ccccc2CC12CCN(c1nc(N)c(Br)c(C#N)n1)CC2. The van der Waals surface area contributed by atoms with Crippen LogP contribution in [0, 0.1) is 16.7 Å². The first-order chi connectivity index (χ1) is 15.1. The van der Waals surface area contributed by atoms with Crippen molar-refractivity contribution in [1.29, 1.82) is 5.26 Å². The summed E-state index contributed by atoms with van der Waals surface area (Å²) in [5, 5.41) is 12.5. The van der Waals surface area contributed by atoms with Crippen molar-refractivity contribution < 1.29 is 9.53 Å². The molecule has 9 heteroatoms. The molecule has 1 aromatic heterocycles. The van der Waals surface area contributed by atoms with Gasteiger partial charge in [0.25, 0.3) is 0 Å². The average Bonchev–Trinajstić information content (AvgIpc) is 3.02. The van der Waals surface area contributed by atoms with Gasteiger partial charge in [0.05, 0.1) is 10.5 Å². The van der Waals surface area contributed by atoms with Crippen LogP contribution in [0.3, 0.4) is 0 Å². The van der Waals surface area contributed by atoms with Gasteiger partial charge in [-0.15, -0.1) is 0 Å². The van der Waals surface area contributed by atoms with Crippen LogP contribution >= 0.6 is 15.9 Å². The van der Waals surface area contributed by atoms with E-state index in [0.717, 1.165) is 24.8 Å². The highest BCUT2D eigenvalue weighted by Crippen LogP contribution is 2.52. The van der Waals surface area contributed by atoms with E-state index >= 15 is 0 Å². The monoisotopic (exact) mass is 498 g/mol. The van der Waals surface area contributed by atoms with Crippen molar-refractivity contribution in [2.75, 3.05) is 23.7 Å². The predicted molar refractivity (Wildman–Crippen MR) is 125 cm³/mol. The first-order valence-corrected chi connectivity index (χ1v) is 11.5. The molecule has 2 aromatic rings. The third-order valence-electron chi connectivity index (χ3n) is 6.20. The fourth-order valence-corrected chi connectivity index (χ4v) is 5.00. The summed E-state index contributed by atoms with van der Waals surface area (Å²) in [6.07, 6.45) is 2.17. The lowest BCUT2D eigenvalue weighted by atomic mass is 9.73. The Morgan fingerprint density at radius 3 is 2.66 bits per heavy atom. The van der Waals surface area contributed by atoms with E-state index in [0.29, 0.717) is 23.5 Å². The second kappa shape index (κ2) is 8.24. The second-order valence-electron chi connectivity index (χ2n) is 9.49. The van der Waals surface area contributed by atoms with Gasteiger partial charge in [0.1, 0.15) is 17.5 Å². The fourth-order valence-electron chi connectivity index (χ4n) is 4.73. The summed E-state index contributed by atoms with van der Waals surface area (Å²) < 4.78 is 5.98. The van der Waals surface area contributed by atoms with E-state index < -0.39 is 11.7 Å². The highest BCUT2D eigenvalue weighted by atomic mass is 79.9. The van der Waals surface area contributed by atoms with Crippen LogP contribution in [-0.2, 0) is 11.2 Å². The minimum atomic E-state index is -0.559. The number of nitriles is 1. The molecule has 1 aliphatic carbocycles. The lowest BCUT2D eigenvalue weighted by molar-refractivity contribution is 0.0428. The Kier molecular flexibility index (Phi) is 5.76. The normalized spacial score (nSPS) is 19.3. The van der Waals surface area contributed by atoms with Gasteiger partial charge in [0.2, 0.25) is 5.95 Å². The molecule has 1 fully saturated rings. The number of aromatic nitrogens is 2. The molecule has 168 valence electrons. The molecule has 1 saturated heterocycles. The van der Waals surface area contributed by atoms with Crippen LogP contribution in [0.1, 0.15) is 56.5 Å². The molecule has 0 radical (unpaired) electrons. The zero-order valence-electron chi connectivity index (χ0n) is 18.5. The maximum atomic E-state index is 12.7. The number of nitrogens with one attached hydrogen (secondary N) is 1. The van der Waals surface area contributed by atoms with Crippen molar-refractivity contribution >= 4 is 33.8 Å². The summed E-state index contributed by atoms with van der Waals surface area (Å²) in [5.41, 5.74) is 7.94. The van der Waals surface area contributed by atoms with E-state index in [9.17, 15) is 10.1 Å². The van der Waals surface area contributed by atoms with E-state index in [-0.39, 0.29) is 23.0 Å². The number of nitrogens with two attached hydrogens (primary N) is 1. The molecule has 8 nitrogen and oxygen atoms in total. The summed E-state index contributed by atoms with van der Waals surface area (Å²) in [6, 6.07) is 10.2. The standard InChI is InChI=1S/C23H27BrN6O2/c1-22(2,3)32-21(31)28-18-15-7-5-4-6-14(15)12-23(18)8-10-30(11-9-23)20-27-16(13-25)17(24)19(26)29-20/h4-7,18H,8-12H2,1-3H3,(H,28,31)(H2,26,27,29)/t18-/m1/s1. The molecule has 1 amide bonds. The molecule has 1 atom stereocenters. The Morgan fingerprint density at radius 2 is 2.00 bits per heavy atom. The largest absolute Gasteiger partial charge is 0.444 e. The number of alkyl carbamates (subject to hydrolysis) is 1. The van der Waals surface area contributed by atoms with Crippen molar-refractivity contribution in [3.05, 3.63) is 45.6 Å². The minimum Gasteiger partial charge on any atom is -0.444 e. The van der Waals surface area contributed by atoms with Gasteiger partial charge in [-0.2, -0.15) is 10.2 Å². The lowest BCUT2D eigenvalue weighted by Gasteiger charge is -2.43. The Morgan fingerprint density at radius 1 is 1.31 bits per heavy atom. The van der Waals surface area contributed by atoms with Crippen LogP contribution in [0.15, 0.2) is 28.7 Å². The average molecular weight is 499 g/mol. The summed E-state index contributed by atoms with van der Waals surface area (Å²) in [6.45, 7) is 6.99. The number of ether oxygens (including phenoxy) is 1. The van der Waals surface area contributed by atoms with E-state index in [4.69, 9.17) is 10.5 Å². The van der Waals surface area contributed by atoms with Gasteiger partial charge in [-0.25, -0.2) is 9.78 Å². The Hall–Kier alpha value is -2.86. The van der Waals surface area contributed by atoms with Crippen LogP contribution in [0.2, 0.25) is 0 Å². The fraction of sp³-hybridized carbons (Fsp3) is 0.478. The van der Waals surface area contributed by atoms with Crippen molar-refractivity contribution in [2.45, 2.75) is 51.7 Å². The van der Waals surface area contributed by atoms with E-state index in [1.807, 2.05) is 32.9 Å². The Labute approximate surface area is 196 Å². The second-order valence-corrected chi connectivity index (χ2v) is 10.3. The first kappa shape index (κ1) is 22.3. The van der Waals surface area contributed by atoms with Gasteiger partial charge in [-0.05, 0) is 67.1 Å². The number of anilines is 2. The third kappa shape index (κ3) is 4.24. The number of carbonyl (C=O) groups is 1. The number of hydrogen-bond donors (Lipinski definition) is 2. The van der Waals surface area contributed by atoms with Crippen LogP contribution in [0.5, 0.6) is 0 Å². The van der Waals surface area contributed by atoms with Crippen LogP contribution in [0.4, 0.5) is 16.6 Å². The van der Waals surface area contributed by atoms with Crippen molar-refractivity contribution in [2.24, 2.45) is 5.41 Å². The van der Waals surface area contributed by atoms with Gasteiger partial charge < -0.3 is 20.7 Å². The first-order valence-electron chi connectivity index (χ1n) is 10.7. The molecule has 2 aliphatic rings. The summed E-state index contributed by atoms with van der Waals surface area (Å²) >= 11 is 3.27. The number of benzene rings is 1. The number of amides is 1. The van der Waals surface area contributed by atoms with Gasteiger partial charge in [0, 0.05) is 18.5 Å². The molecule has 0 saturated carbocycles. The zero-order chi connectivity index (χ0) is 23.1. The number of halogens is 1. The number of hydrogen-bond acceptors (Lipinski definition) is 7. The van der Waals surface area contributed by atoms with Gasteiger partial charge in [0.15, 0.2) is 5.69 Å². The van der Waals surface area contributed by atoms with Gasteiger partial charge in [-0.1, -0.05) is 24.3 Å². The summed E-state index contributed by atoms with van der Waals surface area (Å²) in [4.78, 5) is 23.5. The maximum Gasteiger partial charge on any atom is 0.408 e. The van der Waals surface area contributed by atoms with Crippen LogP contribution in [-0.4, -0.2) is 34.8 Å². The Bertz CT molecular complexity index is 1080. The summed E-state index contributed by atoms with van der Waals surface area (Å²) in [7, 11) is 0. The zero-order valence-corrected chi connectivity index (χ0v) is 20.1. The van der Waals surface area contributed by atoms with Gasteiger partial charge in [-0.3, -0.25) is 0 Å². The molecule has 1 aliphatic heterocycles. The molecule has 32 heavy (non-hydrogen) atoms. The molecule has 1 aromatic carbocycles. The number of carbonyl (C=O) groups excluding carboxylic acids is 1. The predicted octanol–water partition coefficient (Wildman–Crippen LogP) is 4.10. The molecule has 2 heterocycles. The number of piperidine rings is 1. The number of fused-ring (bicyclic) bond motifs is 1. The highest BCUT2D eigenvalue weighted by Gasteiger charge is 2.49. The Balaban J connectivity index is 1.57. The topological polar surface area (TPSA) is 117 Å². The molecule has 0 unspecified atom stereocenters. The number of nitrogens with zero attached hydrogens (tertiary/aromatic N) is 4. The molecule has 1 spiro atoms. The molecule has 0 bridgehead atoms. The molecular formula is C23H27BrN6O2. The van der Waals surface area contributed by atoms with Gasteiger partial charge >= 0.3 is 6.09 Å². The molecule has 4 rings (SSSR count). The third-order valence-corrected chi connectivity index (χ3v) is 6.98. The quantitative estimate of drug-likeness (QED) is 0.639. The van der Waals surface area contributed by atoms with E-state index in [1.54, 1.807) is 0 Å². The number of rotatable bonds is 2. The summed E-state index contributed by atoms with van der Waals surface area (Å²) in [5.74, 6) is 0.717. The van der Waals surface area contributed by atoms with E-state index in [2.05, 4.69) is 54.3 Å². The van der Waals surface area contributed by atoms with Crippen LogP contribution < -0.4 is 16.0 Å². The van der Waals surface area contributed by atoms with Crippen molar-refractivity contribution in [3.63, 3.8) is 0 Å². The maximum absolute atomic E-state index is 12.7. The smallest absolute Gasteiger partial charge is 0.408 e. The van der Waals surface area contributed by atoms with Crippen molar-refractivity contribution in [1.82, 2.24) is 15.3 Å². The molecular weight excluding hydrogens is 472 g/mol. The van der Waals surface area contributed by atoms with Crippen LogP contribution in [0.25, 0.3) is 0 Å². The van der Waals surface area contributed by atoms with Crippen molar-refractivity contribution in [3.8, 4) is 6.07 Å². The van der Waals surface area contributed by atoms with E-state index in [1.165, 1.54) is 5.56 Å². The lowest BCUT2D eigenvalue weighted by Crippen LogP contribution is -2.48.